The molecule has 0 aromatic heterocycles. The molecule has 2 atom stereocenters. The molecule has 220 valence electrons. The number of rotatable bonds is 14. The van der Waals surface area contributed by atoms with E-state index in [1.165, 1.54) is 21.5 Å². The van der Waals surface area contributed by atoms with Crippen molar-refractivity contribution < 1.29 is 14.3 Å². The lowest BCUT2D eigenvalue weighted by atomic mass is 9.83. The molecule has 0 saturated carbocycles. The standard InChI is InChI=1S/C35H53NO3Si/c1-28(2)18-16-19-29(3)20-17-25-35(7,38)30(26-33(37)36(8)9)27-39-40(34(4,5)6,31-21-12-10-13-22-31)32-23-14-11-15-24-32/h10-15,18,20-24,30,38H,16-17,19,25-27H2,1-9H3/b29-20+/t30-,35+/m0/s1. The molecule has 1 N–H and O–H groups in total. The molecule has 4 nitrogen and oxygen atoms in total. The van der Waals surface area contributed by atoms with E-state index in [1.54, 1.807) is 19.0 Å². The van der Waals surface area contributed by atoms with E-state index in [9.17, 15) is 9.90 Å². The third-order valence-corrected chi connectivity index (χ3v) is 13.0. The van der Waals surface area contributed by atoms with Gasteiger partial charge in [-0.15, -0.1) is 0 Å². The van der Waals surface area contributed by atoms with E-state index in [0.717, 1.165) is 19.3 Å². The van der Waals surface area contributed by atoms with Gasteiger partial charge in [0.1, 0.15) is 0 Å². The molecule has 0 aliphatic rings. The predicted molar refractivity (Wildman–Crippen MR) is 173 cm³/mol. The summed E-state index contributed by atoms with van der Waals surface area (Å²) in [5.41, 5.74) is 1.61. The molecule has 0 saturated heterocycles. The average molecular weight is 564 g/mol. The first-order valence-electron chi connectivity index (χ1n) is 14.7. The van der Waals surface area contributed by atoms with Crippen molar-refractivity contribution in [2.24, 2.45) is 5.92 Å². The minimum atomic E-state index is -2.80. The fraction of sp³-hybridized carbons (Fsp3) is 0.514. The van der Waals surface area contributed by atoms with Crippen LogP contribution in [0.1, 0.15) is 80.6 Å². The zero-order chi connectivity index (χ0) is 30.0. The third kappa shape index (κ3) is 9.29. The van der Waals surface area contributed by atoms with E-state index < -0.39 is 13.9 Å². The van der Waals surface area contributed by atoms with Gasteiger partial charge in [0.2, 0.25) is 5.91 Å². The van der Waals surface area contributed by atoms with Gasteiger partial charge >= 0.3 is 0 Å². The Balaban J connectivity index is 2.40. The van der Waals surface area contributed by atoms with E-state index in [-0.39, 0.29) is 23.3 Å². The minimum Gasteiger partial charge on any atom is -0.407 e. The summed E-state index contributed by atoms with van der Waals surface area (Å²) in [6.07, 6.45) is 8.13. The molecule has 0 bridgehead atoms. The highest BCUT2D eigenvalue weighted by molar-refractivity contribution is 6.99. The smallest absolute Gasteiger partial charge is 0.261 e. The summed E-state index contributed by atoms with van der Waals surface area (Å²) in [5.74, 6) is -0.340. The zero-order valence-electron chi connectivity index (χ0n) is 26.5. The molecule has 2 aromatic rings. The number of benzene rings is 2. The van der Waals surface area contributed by atoms with Crippen molar-refractivity contribution >= 4 is 24.6 Å². The Kier molecular flexibility index (Phi) is 12.6. The van der Waals surface area contributed by atoms with Gasteiger partial charge in [0.05, 0.1) is 5.60 Å². The number of amides is 1. The quantitative estimate of drug-likeness (QED) is 0.201. The van der Waals surface area contributed by atoms with Crippen molar-refractivity contribution in [2.75, 3.05) is 20.7 Å². The Morgan fingerprint density at radius 1 is 0.900 bits per heavy atom. The van der Waals surface area contributed by atoms with Crippen LogP contribution in [-0.4, -0.2) is 50.5 Å². The third-order valence-electron chi connectivity index (χ3n) is 7.95. The molecule has 2 aromatic carbocycles. The second-order valence-electron chi connectivity index (χ2n) is 12.9. The van der Waals surface area contributed by atoms with E-state index >= 15 is 0 Å². The molecule has 0 heterocycles. The van der Waals surface area contributed by atoms with Crippen molar-refractivity contribution in [1.82, 2.24) is 4.90 Å². The second-order valence-corrected chi connectivity index (χ2v) is 17.2. The summed E-state index contributed by atoms with van der Waals surface area (Å²) < 4.78 is 7.18. The molecule has 0 aliphatic carbocycles. The Hall–Kier alpha value is -2.47. The van der Waals surface area contributed by atoms with Gasteiger partial charge in [-0.2, -0.15) is 0 Å². The van der Waals surface area contributed by atoms with E-state index in [2.05, 4.69) is 102 Å². The van der Waals surface area contributed by atoms with Crippen molar-refractivity contribution in [2.45, 2.75) is 91.2 Å². The molecule has 0 spiro atoms. The molecular formula is C35H53NO3Si. The molecule has 2 rings (SSSR count). The lowest BCUT2D eigenvalue weighted by Gasteiger charge is -2.45. The lowest BCUT2D eigenvalue weighted by molar-refractivity contribution is -0.133. The number of allylic oxidation sites excluding steroid dienone is 4. The fourth-order valence-electron chi connectivity index (χ4n) is 5.34. The van der Waals surface area contributed by atoms with Gasteiger partial charge < -0.3 is 14.4 Å². The van der Waals surface area contributed by atoms with Crippen LogP contribution in [0, 0.1) is 5.92 Å². The highest BCUT2D eigenvalue weighted by Gasteiger charge is 2.51. The largest absolute Gasteiger partial charge is 0.407 e. The average Bonchev–Trinajstić information content (AvgIpc) is 2.88. The summed E-state index contributed by atoms with van der Waals surface area (Å²) in [7, 11) is 0.751. The number of carbonyl (C=O) groups excluding carboxylic acids is 1. The Labute approximate surface area is 245 Å². The summed E-state index contributed by atoms with van der Waals surface area (Å²) in [6.45, 7) is 15.3. The predicted octanol–water partition coefficient (Wildman–Crippen LogP) is 6.88. The minimum absolute atomic E-state index is 0.00441. The van der Waals surface area contributed by atoms with Gasteiger partial charge in [-0.05, 0) is 68.8 Å². The summed E-state index contributed by atoms with van der Waals surface area (Å²) in [5, 5.41) is 14.0. The molecule has 0 radical (unpaired) electrons. The molecule has 0 aliphatic heterocycles. The van der Waals surface area contributed by atoms with Crippen LogP contribution < -0.4 is 10.4 Å². The monoisotopic (exact) mass is 563 g/mol. The molecular weight excluding hydrogens is 510 g/mol. The van der Waals surface area contributed by atoms with Crippen LogP contribution in [0.15, 0.2) is 84.0 Å². The number of aliphatic hydroxyl groups is 1. The SMILES string of the molecule is CC(C)=CCC/C(C)=C/CC[C@@](C)(O)[C@H](CO[Si](c1ccccc1)(c1ccccc1)C(C)(C)C)CC(=O)N(C)C. The number of carbonyl (C=O) groups is 1. The maximum atomic E-state index is 13.0. The first kappa shape index (κ1) is 33.7. The van der Waals surface area contributed by atoms with Crippen molar-refractivity contribution in [3.63, 3.8) is 0 Å². The maximum absolute atomic E-state index is 13.0. The molecule has 40 heavy (non-hydrogen) atoms. The van der Waals surface area contributed by atoms with Gasteiger partial charge in [0, 0.05) is 33.0 Å². The van der Waals surface area contributed by atoms with Crippen LogP contribution in [0.4, 0.5) is 0 Å². The molecule has 0 fully saturated rings. The number of hydrogen-bond donors (Lipinski definition) is 1. The Morgan fingerprint density at radius 2 is 1.43 bits per heavy atom. The van der Waals surface area contributed by atoms with Crippen LogP contribution in [-0.2, 0) is 9.22 Å². The molecule has 1 amide bonds. The maximum Gasteiger partial charge on any atom is 0.261 e. The van der Waals surface area contributed by atoms with Crippen LogP contribution in [0.2, 0.25) is 5.04 Å². The normalized spacial score (nSPS) is 14.8. The van der Waals surface area contributed by atoms with Crippen LogP contribution in [0.5, 0.6) is 0 Å². The van der Waals surface area contributed by atoms with Gasteiger partial charge in [0.15, 0.2) is 0 Å². The van der Waals surface area contributed by atoms with Gasteiger partial charge in [-0.1, -0.05) is 105 Å². The van der Waals surface area contributed by atoms with E-state index in [1.807, 2.05) is 19.1 Å². The summed E-state index contributed by atoms with van der Waals surface area (Å²) in [4.78, 5) is 14.6. The van der Waals surface area contributed by atoms with Crippen molar-refractivity contribution in [1.29, 1.82) is 0 Å². The first-order valence-corrected chi connectivity index (χ1v) is 16.6. The second kappa shape index (κ2) is 15.0. The van der Waals surface area contributed by atoms with Crippen molar-refractivity contribution in [3.8, 4) is 0 Å². The summed E-state index contributed by atoms with van der Waals surface area (Å²) >= 11 is 0. The highest BCUT2D eigenvalue weighted by atomic mass is 28.4. The molecule has 0 unspecified atom stereocenters. The van der Waals surface area contributed by atoms with Gasteiger partial charge in [-0.25, -0.2) is 0 Å². The van der Waals surface area contributed by atoms with E-state index in [4.69, 9.17) is 4.43 Å². The Bertz CT molecular complexity index is 1070. The van der Waals surface area contributed by atoms with Crippen LogP contribution in [0.25, 0.3) is 0 Å². The lowest BCUT2D eigenvalue weighted by Crippen LogP contribution is -2.67. The fourth-order valence-corrected chi connectivity index (χ4v) is 9.95. The summed E-state index contributed by atoms with van der Waals surface area (Å²) in [6, 6.07) is 21.1. The first-order chi connectivity index (χ1) is 18.7. The Morgan fingerprint density at radius 3 is 1.88 bits per heavy atom. The van der Waals surface area contributed by atoms with Crippen LogP contribution in [0.3, 0.4) is 0 Å². The van der Waals surface area contributed by atoms with Crippen molar-refractivity contribution in [3.05, 3.63) is 84.0 Å². The number of nitrogens with zero attached hydrogens (tertiary/aromatic N) is 1. The highest BCUT2D eigenvalue weighted by Crippen LogP contribution is 2.38. The van der Waals surface area contributed by atoms with Crippen LogP contribution >= 0.6 is 0 Å². The number of hydrogen-bond acceptors (Lipinski definition) is 3. The zero-order valence-corrected chi connectivity index (χ0v) is 27.5. The topological polar surface area (TPSA) is 49.8 Å². The van der Waals surface area contributed by atoms with Gasteiger partial charge in [-0.3, -0.25) is 4.79 Å². The van der Waals surface area contributed by atoms with Gasteiger partial charge in [0.25, 0.3) is 8.32 Å². The van der Waals surface area contributed by atoms with E-state index in [0.29, 0.717) is 13.0 Å². The molecule has 5 heteroatoms.